The van der Waals surface area contributed by atoms with Crippen molar-refractivity contribution >= 4 is 5.97 Å². The summed E-state index contributed by atoms with van der Waals surface area (Å²) in [5.74, 6) is -0.387. The second kappa shape index (κ2) is 5.97. The average Bonchev–Trinajstić information content (AvgIpc) is 2.00. The summed E-state index contributed by atoms with van der Waals surface area (Å²) in [4.78, 5) is 10.9. The second-order valence-corrected chi connectivity index (χ2v) is 2.70. The molecule has 2 unspecified atom stereocenters. The Hall–Kier alpha value is -0.610. The number of hydrogen-bond donors (Lipinski definition) is 1. The Morgan fingerprint density at radius 3 is 2.50 bits per heavy atom. The number of ether oxygens (including phenoxy) is 2. The van der Waals surface area contributed by atoms with Crippen LogP contribution in [0.5, 0.6) is 0 Å². The van der Waals surface area contributed by atoms with E-state index >= 15 is 0 Å². The van der Waals surface area contributed by atoms with Crippen molar-refractivity contribution in [2.75, 3.05) is 13.2 Å². The van der Waals surface area contributed by atoms with Crippen molar-refractivity contribution in [3.63, 3.8) is 0 Å². The lowest BCUT2D eigenvalue weighted by Crippen LogP contribution is -2.32. The van der Waals surface area contributed by atoms with E-state index in [0.29, 0.717) is 13.2 Å². The van der Waals surface area contributed by atoms with Crippen molar-refractivity contribution in [2.45, 2.75) is 32.9 Å². The highest BCUT2D eigenvalue weighted by Gasteiger charge is 2.12. The molecule has 72 valence electrons. The molecule has 0 bridgehead atoms. The van der Waals surface area contributed by atoms with Gasteiger partial charge in [0.25, 0.3) is 0 Å². The van der Waals surface area contributed by atoms with Gasteiger partial charge in [-0.3, -0.25) is 4.79 Å². The predicted molar refractivity (Wildman–Crippen MR) is 45.7 cm³/mol. The molecule has 0 spiro atoms. The summed E-state index contributed by atoms with van der Waals surface area (Å²) in [5.41, 5.74) is 5.30. The lowest BCUT2D eigenvalue weighted by Gasteiger charge is -2.14. The van der Waals surface area contributed by atoms with Gasteiger partial charge in [0.2, 0.25) is 0 Å². The number of carbonyl (C=O) groups is 1. The van der Waals surface area contributed by atoms with Gasteiger partial charge in [-0.25, -0.2) is 0 Å². The fraction of sp³-hybridized carbons (Fsp3) is 0.875. The minimum atomic E-state index is -0.561. The molecule has 4 nitrogen and oxygen atoms in total. The van der Waals surface area contributed by atoms with Gasteiger partial charge in [0.05, 0.1) is 6.61 Å². The van der Waals surface area contributed by atoms with Crippen LogP contribution in [0.25, 0.3) is 0 Å². The number of nitrogens with two attached hydrogens (primary N) is 1. The first-order chi connectivity index (χ1) is 5.57. The molecule has 0 aromatic carbocycles. The lowest BCUT2D eigenvalue weighted by atomic mass is 10.3. The summed E-state index contributed by atoms with van der Waals surface area (Å²) < 4.78 is 9.98. The molecular formula is C8H17NO3. The van der Waals surface area contributed by atoms with E-state index < -0.39 is 6.04 Å². The van der Waals surface area contributed by atoms with Crippen molar-refractivity contribution < 1.29 is 14.3 Å². The zero-order valence-corrected chi connectivity index (χ0v) is 7.87. The zero-order valence-electron chi connectivity index (χ0n) is 7.87. The average molecular weight is 175 g/mol. The third kappa shape index (κ3) is 5.09. The van der Waals surface area contributed by atoms with Crippen LogP contribution in [-0.4, -0.2) is 31.3 Å². The monoisotopic (exact) mass is 175 g/mol. The standard InChI is InChI=1S/C8H17NO3/c1-4-11-5-6(2)12-8(10)7(3)9/h6-7H,4-5,9H2,1-3H3. The Balaban J connectivity index is 3.54. The van der Waals surface area contributed by atoms with Crippen LogP contribution in [0.3, 0.4) is 0 Å². The van der Waals surface area contributed by atoms with E-state index in [9.17, 15) is 4.79 Å². The summed E-state index contributed by atoms with van der Waals surface area (Å²) in [6, 6.07) is -0.561. The molecule has 0 aliphatic rings. The van der Waals surface area contributed by atoms with E-state index in [4.69, 9.17) is 15.2 Å². The third-order valence-corrected chi connectivity index (χ3v) is 1.25. The molecule has 0 amide bonds. The smallest absolute Gasteiger partial charge is 0.322 e. The van der Waals surface area contributed by atoms with Gasteiger partial charge in [-0.1, -0.05) is 0 Å². The quantitative estimate of drug-likeness (QED) is 0.610. The molecule has 0 radical (unpaired) electrons. The maximum atomic E-state index is 10.9. The van der Waals surface area contributed by atoms with Gasteiger partial charge in [0.1, 0.15) is 12.1 Å². The first-order valence-corrected chi connectivity index (χ1v) is 4.11. The summed E-state index contributed by atoms with van der Waals surface area (Å²) in [6.07, 6.45) is -0.219. The van der Waals surface area contributed by atoms with Crippen LogP contribution in [0.4, 0.5) is 0 Å². The van der Waals surface area contributed by atoms with Crippen LogP contribution in [0.15, 0.2) is 0 Å². The molecule has 0 heterocycles. The van der Waals surface area contributed by atoms with Crippen molar-refractivity contribution in [1.29, 1.82) is 0 Å². The van der Waals surface area contributed by atoms with E-state index in [0.717, 1.165) is 0 Å². The molecule has 0 aromatic rings. The first-order valence-electron chi connectivity index (χ1n) is 4.11. The summed E-state index contributed by atoms with van der Waals surface area (Å²) in [6.45, 7) is 6.31. The van der Waals surface area contributed by atoms with Crippen molar-refractivity contribution in [2.24, 2.45) is 5.73 Å². The van der Waals surface area contributed by atoms with Gasteiger partial charge in [-0.05, 0) is 20.8 Å². The summed E-state index contributed by atoms with van der Waals surface area (Å²) in [7, 11) is 0. The van der Waals surface area contributed by atoms with Crippen LogP contribution in [-0.2, 0) is 14.3 Å². The van der Waals surface area contributed by atoms with Crippen LogP contribution in [0.2, 0.25) is 0 Å². The predicted octanol–water partition coefficient (Wildman–Crippen LogP) is 0.302. The molecule has 0 saturated heterocycles. The highest BCUT2D eigenvalue weighted by atomic mass is 16.6. The Kier molecular flexibility index (Phi) is 5.66. The Morgan fingerprint density at radius 1 is 1.50 bits per heavy atom. The van der Waals surface area contributed by atoms with E-state index in [2.05, 4.69) is 0 Å². The van der Waals surface area contributed by atoms with Crippen molar-refractivity contribution in [3.8, 4) is 0 Å². The van der Waals surface area contributed by atoms with Crippen LogP contribution < -0.4 is 5.73 Å². The van der Waals surface area contributed by atoms with Crippen LogP contribution >= 0.6 is 0 Å². The molecular weight excluding hydrogens is 158 g/mol. The summed E-state index contributed by atoms with van der Waals surface area (Å²) in [5, 5.41) is 0. The fourth-order valence-corrected chi connectivity index (χ4v) is 0.623. The Bertz CT molecular complexity index is 136. The first kappa shape index (κ1) is 11.4. The SMILES string of the molecule is CCOCC(C)OC(=O)C(C)N. The second-order valence-electron chi connectivity index (χ2n) is 2.70. The Morgan fingerprint density at radius 2 is 2.08 bits per heavy atom. The number of hydrogen-bond acceptors (Lipinski definition) is 4. The maximum Gasteiger partial charge on any atom is 0.322 e. The molecule has 0 saturated carbocycles. The number of rotatable bonds is 5. The van der Waals surface area contributed by atoms with Crippen molar-refractivity contribution in [3.05, 3.63) is 0 Å². The third-order valence-electron chi connectivity index (χ3n) is 1.25. The fourth-order valence-electron chi connectivity index (χ4n) is 0.623. The van der Waals surface area contributed by atoms with Gasteiger partial charge >= 0.3 is 5.97 Å². The molecule has 0 aliphatic heterocycles. The highest BCUT2D eigenvalue weighted by molar-refractivity contribution is 5.75. The zero-order chi connectivity index (χ0) is 9.56. The molecule has 0 rings (SSSR count). The van der Waals surface area contributed by atoms with Gasteiger partial charge in [-0.15, -0.1) is 0 Å². The molecule has 2 atom stereocenters. The van der Waals surface area contributed by atoms with Crippen LogP contribution in [0, 0.1) is 0 Å². The Labute approximate surface area is 73.0 Å². The van der Waals surface area contributed by atoms with E-state index in [-0.39, 0.29) is 12.1 Å². The van der Waals surface area contributed by atoms with Gasteiger partial charge < -0.3 is 15.2 Å². The molecule has 4 heteroatoms. The number of esters is 1. The molecule has 0 fully saturated rings. The highest BCUT2D eigenvalue weighted by Crippen LogP contribution is 1.94. The molecule has 2 N–H and O–H groups in total. The lowest BCUT2D eigenvalue weighted by molar-refractivity contribution is -0.152. The van der Waals surface area contributed by atoms with E-state index in [1.807, 2.05) is 6.92 Å². The van der Waals surface area contributed by atoms with E-state index in [1.165, 1.54) is 0 Å². The van der Waals surface area contributed by atoms with E-state index in [1.54, 1.807) is 13.8 Å². The largest absolute Gasteiger partial charge is 0.459 e. The molecule has 0 aromatic heterocycles. The van der Waals surface area contributed by atoms with Crippen LogP contribution in [0.1, 0.15) is 20.8 Å². The van der Waals surface area contributed by atoms with Gasteiger partial charge in [-0.2, -0.15) is 0 Å². The molecule has 0 aliphatic carbocycles. The molecule has 12 heavy (non-hydrogen) atoms. The van der Waals surface area contributed by atoms with Crippen molar-refractivity contribution in [1.82, 2.24) is 0 Å². The summed E-state index contributed by atoms with van der Waals surface area (Å²) >= 11 is 0. The normalized spacial score (nSPS) is 15.3. The maximum absolute atomic E-state index is 10.9. The minimum absolute atomic E-state index is 0.219. The topological polar surface area (TPSA) is 61.5 Å². The number of carbonyl (C=O) groups excluding carboxylic acids is 1. The minimum Gasteiger partial charge on any atom is -0.459 e. The van der Waals surface area contributed by atoms with Gasteiger partial charge in [0.15, 0.2) is 0 Å². The van der Waals surface area contributed by atoms with Gasteiger partial charge in [0, 0.05) is 6.61 Å².